The molecule has 60 valence electrons. The molecule has 1 aliphatic rings. The molecular weight excluding hydrogens is 170 g/mol. The first-order valence-corrected chi connectivity index (χ1v) is 4.61. The van der Waals surface area contributed by atoms with Crippen LogP contribution >= 0.6 is 10.8 Å². The normalized spacial score (nSPS) is 37.9. The molecule has 0 aromatic heterocycles. The van der Waals surface area contributed by atoms with Gasteiger partial charge in [-0.1, -0.05) is 0 Å². The molecule has 1 aliphatic heterocycles. The Hall–Kier alpha value is -0.810. The van der Waals surface area contributed by atoms with E-state index in [1.165, 1.54) is 6.92 Å². The van der Waals surface area contributed by atoms with Crippen molar-refractivity contribution in [1.82, 2.24) is 0 Å². The van der Waals surface area contributed by atoms with Crippen molar-refractivity contribution in [1.29, 1.82) is 10.5 Å². The number of rotatable bonds is 1. The van der Waals surface area contributed by atoms with E-state index in [1.54, 1.807) is 12.1 Å². The molecular formula is C6H6F2N2S. The lowest BCUT2D eigenvalue weighted by Gasteiger charge is -2.09. The van der Waals surface area contributed by atoms with Crippen LogP contribution in [0, 0.1) is 28.6 Å². The molecule has 0 aromatic rings. The molecule has 0 aliphatic carbocycles. The number of hydrogen-bond acceptors (Lipinski definition) is 2. The minimum atomic E-state index is -3.76. The zero-order valence-electron chi connectivity index (χ0n) is 5.84. The lowest BCUT2D eigenvalue weighted by molar-refractivity contribution is 0.658. The zero-order chi connectivity index (χ0) is 8.70. The van der Waals surface area contributed by atoms with Crippen LogP contribution in [0.25, 0.3) is 0 Å². The van der Waals surface area contributed by atoms with E-state index in [4.69, 9.17) is 10.5 Å². The first-order valence-electron chi connectivity index (χ1n) is 3.01. The fourth-order valence-electron chi connectivity index (χ4n) is 0.924. The third kappa shape index (κ3) is 0.883. The van der Waals surface area contributed by atoms with Crippen LogP contribution in [0.2, 0.25) is 0 Å². The highest BCUT2D eigenvalue weighted by molar-refractivity contribution is 8.33. The van der Waals surface area contributed by atoms with Crippen LogP contribution in [0.3, 0.4) is 0 Å². The van der Waals surface area contributed by atoms with E-state index < -0.39 is 21.5 Å². The van der Waals surface area contributed by atoms with E-state index in [-0.39, 0.29) is 5.75 Å². The molecule has 1 fully saturated rings. The molecule has 1 heterocycles. The molecule has 0 aromatic carbocycles. The van der Waals surface area contributed by atoms with Gasteiger partial charge in [-0.05, 0) is 6.92 Å². The van der Waals surface area contributed by atoms with Crippen molar-refractivity contribution in [3.63, 3.8) is 0 Å². The van der Waals surface area contributed by atoms with Gasteiger partial charge in [0, 0.05) is 0 Å². The fourth-order valence-corrected chi connectivity index (χ4v) is 2.69. The molecule has 1 rings (SSSR count). The van der Waals surface area contributed by atoms with Gasteiger partial charge < -0.3 is 0 Å². The summed E-state index contributed by atoms with van der Waals surface area (Å²) in [6, 6.07) is 3.25. The van der Waals surface area contributed by atoms with Crippen LogP contribution in [0.4, 0.5) is 7.77 Å². The summed E-state index contributed by atoms with van der Waals surface area (Å²) >= 11 is 0. The summed E-state index contributed by atoms with van der Waals surface area (Å²) in [7, 11) is -3.76. The van der Waals surface area contributed by atoms with Crippen LogP contribution < -0.4 is 0 Å². The van der Waals surface area contributed by atoms with Gasteiger partial charge in [0.05, 0.1) is 34.6 Å². The highest BCUT2D eigenvalue weighted by Crippen LogP contribution is 2.80. The second-order valence-electron chi connectivity index (χ2n) is 2.57. The van der Waals surface area contributed by atoms with Gasteiger partial charge in [-0.2, -0.15) is 18.3 Å². The van der Waals surface area contributed by atoms with Crippen molar-refractivity contribution in [2.75, 3.05) is 5.75 Å². The first kappa shape index (κ1) is 8.29. The summed E-state index contributed by atoms with van der Waals surface area (Å²) in [6.07, 6.45) is 0. The summed E-state index contributed by atoms with van der Waals surface area (Å²) < 4.78 is 23.6. The van der Waals surface area contributed by atoms with Gasteiger partial charge in [0.2, 0.25) is 0 Å². The standard InChI is InChI=1S/C6H6F2N2S/c1-5(2-9)6(3-10)4-11(6,7)8/h5H,4H2,1H3. The molecule has 0 saturated carbocycles. The minimum Gasteiger partial charge on any atom is -0.198 e. The van der Waals surface area contributed by atoms with Crippen molar-refractivity contribution in [2.45, 2.75) is 11.7 Å². The van der Waals surface area contributed by atoms with Crippen molar-refractivity contribution in [3.8, 4) is 12.1 Å². The van der Waals surface area contributed by atoms with E-state index in [0.29, 0.717) is 0 Å². The van der Waals surface area contributed by atoms with Gasteiger partial charge >= 0.3 is 0 Å². The van der Waals surface area contributed by atoms with E-state index in [1.807, 2.05) is 0 Å². The molecule has 2 unspecified atom stereocenters. The lowest BCUT2D eigenvalue weighted by atomic mass is 9.99. The maximum absolute atomic E-state index is 12.6. The third-order valence-electron chi connectivity index (χ3n) is 1.92. The highest BCUT2D eigenvalue weighted by Gasteiger charge is 2.71. The van der Waals surface area contributed by atoms with Crippen LogP contribution in [0.5, 0.6) is 0 Å². The zero-order valence-corrected chi connectivity index (χ0v) is 6.66. The maximum Gasteiger partial charge on any atom is 0.167 e. The molecule has 0 spiro atoms. The van der Waals surface area contributed by atoms with Crippen molar-refractivity contribution < 1.29 is 7.77 Å². The number of hydrogen-bond donors (Lipinski definition) is 0. The maximum atomic E-state index is 12.6. The van der Waals surface area contributed by atoms with E-state index in [0.717, 1.165) is 0 Å². The largest absolute Gasteiger partial charge is 0.198 e. The molecule has 11 heavy (non-hydrogen) atoms. The van der Waals surface area contributed by atoms with Crippen molar-refractivity contribution in [3.05, 3.63) is 0 Å². The molecule has 2 nitrogen and oxygen atoms in total. The Morgan fingerprint density at radius 2 is 2.00 bits per heavy atom. The van der Waals surface area contributed by atoms with Crippen LogP contribution in [-0.2, 0) is 0 Å². The van der Waals surface area contributed by atoms with Crippen molar-refractivity contribution >= 4 is 10.8 Å². The van der Waals surface area contributed by atoms with Crippen LogP contribution in [0.1, 0.15) is 6.92 Å². The quantitative estimate of drug-likeness (QED) is 0.573. The van der Waals surface area contributed by atoms with Gasteiger partial charge in [0.1, 0.15) is 0 Å². The fraction of sp³-hybridized carbons (Fsp3) is 0.667. The molecule has 1 saturated heterocycles. The second-order valence-corrected chi connectivity index (χ2v) is 4.74. The SMILES string of the molecule is CC(C#N)C1(C#N)CS1(F)F. The highest BCUT2D eigenvalue weighted by atomic mass is 32.3. The van der Waals surface area contributed by atoms with Crippen LogP contribution in [0.15, 0.2) is 0 Å². The van der Waals surface area contributed by atoms with Gasteiger partial charge in [0.25, 0.3) is 0 Å². The van der Waals surface area contributed by atoms with Crippen molar-refractivity contribution in [2.24, 2.45) is 5.92 Å². The Kier molecular flexibility index (Phi) is 1.57. The van der Waals surface area contributed by atoms with Gasteiger partial charge in [-0.25, -0.2) is 0 Å². The predicted molar refractivity (Wildman–Crippen MR) is 37.8 cm³/mol. The summed E-state index contributed by atoms with van der Waals surface area (Å²) in [5, 5.41) is 16.8. The van der Waals surface area contributed by atoms with Gasteiger partial charge in [-0.3, -0.25) is 0 Å². The minimum absolute atomic E-state index is 0.384. The number of halogens is 2. The van der Waals surface area contributed by atoms with Crippen LogP contribution in [-0.4, -0.2) is 10.5 Å². The lowest BCUT2D eigenvalue weighted by Crippen LogP contribution is -2.17. The molecule has 0 bridgehead atoms. The van der Waals surface area contributed by atoms with E-state index in [2.05, 4.69) is 0 Å². The average molecular weight is 176 g/mol. The van der Waals surface area contributed by atoms with Gasteiger partial charge in [-0.15, -0.1) is 0 Å². The summed E-state index contributed by atoms with van der Waals surface area (Å²) in [5.74, 6) is -1.23. The smallest absolute Gasteiger partial charge is 0.167 e. The Balaban J connectivity index is 2.88. The average Bonchev–Trinajstić information content (AvgIpc) is 2.53. The van der Waals surface area contributed by atoms with E-state index in [9.17, 15) is 7.77 Å². The Morgan fingerprint density at radius 1 is 1.55 bits per heavy atom. The Bertz CT molecular complexity index is 265. The summed E-state index contributed by atoms with van der Waals surface area (Å²) in [5.41, 5.74) is 0. The first-order chi connectivity index (χ1) is 5.00. The number of nitriles is 2. The summed E-state index contributed by atoms with van der Waals surface area (Å²) in [4.78, 5) is 0. The summed E-state index contributed by atoms with van der Waals surface area (Å²) in [6.45, 7) is 1.37. The molecule has 5 heteroatoms. The Labute approximate surface area is 65.3 Å². The monoisotopic (exact) mass is 176 g/mol. The molecule has 0 amide bonds. The van der Waals surface area contributed by atoms with E-state index >= 15 is 0 Å². The third-order valence-corrected chi connectivity index (χ3v) is 4.05. The van der Waals surface area contributed by atoms with Gasteiger partial charge in [0.15, 0.2) is 4.75 Å². The Morgan fingerprint density at radius 3 is 2.09 bits per heavy atom. The molecule has 0 N–H and O–H groups in total. The predicted octanol–water partition coefficient (Wildman–Crippen LogP) is 2.00. The second kappa shape index (κ2) is 2.09. The molecule has 2 atom stereocenters. The molecule has 0 radical (unpaired) electrons. The topological polar surface area (TPSA) is 47.6 Å². The number of nitrogens with zero attached hydrogens (tertiary/aromatic N) is 2.